The number of hydrogen-bond donors (Lipinski definition) is 0. The largest absolute Gasteiger partial charge is 0.306 e. The number of pyridine rings is 1. The Balaban J connectivity index is 0.000000461. The summed E-state index contributed by atoms with van der Waals surface area (Å²) in [4.78, 5) is 4.06. The van der Waals surface area contributed by atoms with Gasteiger partial charge in [-0.2, -0.15) is 0 Å². The van der Waals surface area contributed by atoms with Crippen LogP contribution in [-0.2, 0) is 0 Å². The second-order valence-corrected chi connectivity index (χ2v) is 3.34. The molecule has 0 fully saturated rings. The molecule has 0 spiro atoms. The van der Waals surface area contributed by atoms with Crippen LogP contribution in [0, 0.1) is 0 Å². The fourth-order valence-corrected chi connectivity index (χ4v) is 1.28. The Morgan fingerprint density at radius 2 is 1.93 bits per heavy atom. The second kappa shape index (κ2) is 4.80. The third-order valence-corrected chi connectivity index (χ3v) is 2.10. The van der Waals surface area contributed by atoms with Crippen molar-refractivity contribution in [2.75, 3.05) is 0 Å². The van der Waals surface area contributed by atoms with Crippen LogP contribution in [0.3, 0.4) is 0 Å². The maximum atomic E-state index is 4.06. The van der Waals surface area contributed by atoms with E-state index in [0.717, 1.165) is 5.52 Å². The average Bonchev–Trinajstić information content (AvgIpc) is 2.67. The molecule has 0 aromatic carbocycles. The molecule has 2 aromatic heterocycles. The van der Waals surface area contributed by atoms with Crippen molar-refractivity contribution in [3.05, 3.63) is 36.4 Å². The van der Waals surface area contributed by atoms with E-state index < -0.39 is 0 Å². The van der Waals surface area contributed by atoms with E-state index >= 15 is 0 Å². The SMILES string of the molecule is CC.CC(C)c1ccc2cncn2c1. The van der Waals surface area contributed by atoms with Gasteiger partial charge in [-0.15, -0.1) is 0 Å². The Kier molecular flexibility index (Phi) is 3.69. The minimum absolute atomic E-state index is 0.580. The summed E-state index contributed by atoms with van der Waals surface area (Å²) in [7, 11) is 0. The van der Waals surface area contributed by atoms with Crippen LogP contribution in [0.1, 0.15) is 39.2 Å². The molecule has 2 aromatic rings. The van der Waals surface area contributed by atoms with Gasteiger partial charge in [0.2, 0.25) is 0 Å². The highest BCUT2D eigenvalue weighted by molar-refractivity contribution is 5.45. The minimum Gasteiger partial charge on any atom is -0.306 e. The Morgan fingerprint density at radius 3 is 2.57 bits per heavy atom. The third-order valence-electron chi connectivity index (χ3n) is 2.10. The highest BCUT2D eigenvalue weighted by Crippen LogP contribution is 2.14. The zero-order chi connectivity index (χ0) is 10.6. The third kappa shape index (κ3) is 2.13. The summed E-state index contributed by atoms with van der Waals surface area (Å²) in [6, 6.07) is 4.25. The molecule has 0 saturated heterocycles. The second-order valence-electron chi connectivity index (χ2n) is 3.34. The van der Waals surface area contributed by atoms with Gasteiger partial charge in [0.25, 0.3) is 0 Å². The summed E-state index contributed by atoms with van der Waals surface area (Å²) in [6.07, 6.45) is 5.83. The predicted molar refractivity (Wildman–Crippen MR) is 60.6 cm³/mol. The van der Waals surface area contributed by atoms with Gasteiger partial charge in [0.15, 0.2) is 0 Å². The van der Waals surface area contributed by atoms with Crippen LogP contribution < -0.4 is 0 Å². The van der Waals surface area contributed by atoms with Gasteiger partial charge in [0, 0.05) is 6.20 Å². The molecule has 0 aliphatic rings. The number of rotatable bonds is 1. The minimum atomic E-state index is 0.580. The maximum Gasteiger partial charge on any atom is 0.0992 e. The van der Waals surface area contributed by atoms with Crippen LogP contribution in [-0.4, -0.2) is 9.38 Å². The van der Waals surface area contributed by atoms with Crippen LogP contribution in [0.15, 0.2) is 30.9 Å². The molecule has 0 N–H and O–H groups in total. The number of hydrogen-bond acceptors (Lipinski definition) is 1. The van der Waals surface area contributed by atoms with Gasteiger partial charge in [-0.25, -0.2) is 4.98 Å². The fourth-order valence-electron chi connectivity index (χ4n) is 1.28. The lowest BCUT2D eigenvalue weighted by molar-refractivity contribution is 0.853. The Hall–Kier alpha value is -1.31. The smallest absolute Gasteiger partial charge is 0.0992 e. The molecule has 0 radical (unpaired) electrons. The first-order valence-corrected chi connectivity index (χ1v) is 5.19. The molecule has 2 heteroatoms. The zero-order valence-corrected chi connectivity index (χ0v) is 9.36. The summed E-state index contributed by atoms with van der Waals surface area (Å²) >= 11 is 0. The van der Waals surface area contributed by atoms with Crippen LogP contribution in [0.25, 0.3) is 5.52 Å². The Bertz CT molecular complexity index is 388. The maximum absolute atomic E-state index is 4.06. The summed E-state index contributed by atoms with van der Waals surface area (Å²) in [6.45, 7) is 8.39. The highest BCUT2D eigenvalue weighted by atomic mass is 15.0. The topological polar surface area (TPSA) is 17.3 Å². The molecule has 0 saturated carbocycles. The van der Waals surface area contributed by atoms with Crippen molar-refractivity contribution in [2.24, 2.45) is 0 Å². The van der Waals surface area contributed by atoms with E-state index in [9.17, 15) is 0 Å². The Labute approximate surface area is 85.6 Å². The van der Waals surface area contributed by atoms with E-state index in [4.69, 9.17) is 0 Å². The number of aromatic nitrogens is 2. The normalized spacial score (nSPS) is 10.1. The van der Waals surface area contributed by atoms with Crippen molar-refractivity contribution in [3.8, 4) is 0 Å². The van der Waals surface area contributed by atoms with Gasteiger partial charge < -0.3 is 4.40 Å². The molecule has 2 nitrogen and oxygen atoms in total. The van der Waals surface area contributed by atoms with Crippen LogP contribution in [0.2, 0.25) is 0 Å². The van der Waals surface area contributed by atoms with E-state index in [0.29, 0.717) is 5.92 Å². The molecule has 14 heavy (non-hydrogen) atoms. The quantitative estimate of drug-likeness (QED) is 0.673. The van der Waals surface area contributed by atoms with Crippen molar-refractivity contribution >= 4 is 5.52 Å². The van der Waals surface area contributed by atoms with Crippen molar-refractivity contribution in [2.45, 2.75) is 33.6 Å². The zero-order valence-electron chi connectivity index (χ0n) is 9.36. The lowest BCUT2D eigenvalue weighted by Crippen LogP contribution is -1.90. The van der Waals surface area contributed by atoms with E-state index in [2.05, 4.69) is 41.6 Å². The molecule has 2 heterocycles. The first kappa shape index (κ1) is 10.8. The van der Waals surface area contributed by atoms with Gasteiger partial charge in [-0.1, -0.05) is 33.8 Å². The Morgan fingerprint density at radius 1 is 1.21 bits per heavy atom. The van der Waals surface area contributed by atoms with Gasteiger partial charge in [-0.05, 0) is 17.5 Å². The van der Waals surface area contributed by atoms with E-state index in [1.807, 2.05) is 26.4 Å². The summed E-state index contributed by atoms with van der Waals surface area (Å²) in [5, 5.41) is 0. The predicted octanol–water partition coefficient (Wildman–Crippen LogP) is 3.48. The average molecular weight is 190 g/mol. The van der Waals surface area contributed by atoms with Crippen LogP contribution >= 0.6 is 0 Å². The molecule has 76 valence electrons. The molecule has 0 atom stereocenters. The first-order chi connectivity index (χ1) is 6.77. The fraction of sp³-hybridized carbons (Fsp3) is 0.417. The molecular formula is C12H18N2. The summed E-state index contributed by atoms with van der Waals surface area (Å²) in [5.41, 5.74) is 2.50. The molecular weight excluding hydrogens is 172 g/mol. The van der Waals surface area contributed by atoms with Crippen molar-refractivity contribution < 1.29 is 0 Å². The van der Waals surface area contributed by atoms with E-state index in [-0.39, 0.29) is 0 Å². The number of nitrogens with zero attached hydrogens (tertiary/aromatic N) is 2. The van der Waals surface area contributed by atoms with Crippen molar-refractivity contribution in [1.82, 2.24) is 9.38 Å². The first-order valence-electron chi connectivity index (χ1n) is 5.19. The summed E-state index contributed by atoms with van der Waals surface area (Å²) < 4.78 is 2.05. The monoisotopic (exact) mass is 190 g/mol. The van der Waals surface area contributed by atoms with Crippen molar-refractivity contribution in [3.63, 3.8) is 0 Å². The number of imidazole rings is 1. The molecule has 0 bridgehead atoms. The van der Waals surface area contributed by atoms with Gasteiger partial charge in [-0.3, -0.25) is 0 Å². The van der Waals surface area contributed by atoms with Crippen molar-refractivity contribution in [1.29, 1.82) is 0 Å². The standard InChI is InChI=1S/C10H12N2.C2H6/c1-8(2)9-3-4-10-5-11-7-12(10)6-9;1-2/h3-8H,1-2H3;1-2H3. The van der Waals surface area contributed by atoms with Crippen LogP contribution in [0.4, 0.5) is 0 Å². The molecule has 2 rings (SSSR count). The highest BCUT2D eigenvalue weighted by Gasteiger charge is 1.99. The van der Waals surface area contributed by atoms with Crippen LogP contribution in [0.5, 0.6) is 0 Å². The van der Waals surface area contributed by atoms with Gasteiger partial charge in [0.05, 0.1) is 18.0 Å². The molecule has 0 aliphatic carbocycles. The van der Waals surface area contributed by atoms with E-state index in [1.165, 1.54) is 5.56 Å². The summed E-state index contributed by atoms with van der Waals surface area (Å²) in [5.74, 6) is 0.580. The van der Waals surface area contributed by atoms with E-state index in [1.54, 1.807) is 0 Å². The lowest BCUT2D eigenvalue weighted by Gasteiger charge is -2.04. The molecule has 0 unspecified atom stereocenters. The van der Waals surface area contributed by atoms with Gasteiger partial charge in [0.1, 0.15) is 0 Å². The number of fused-ring (bicyclic) bond motifs is 1. The lowest BCUT2D eigenvalue weighted by atomic mass is 10.1. The molecule has 0 amide bonds. The molecule has 0 aliphatic heterocycles. The van der Waals surface area contributed by atoms with Gasteiger partial charge >= 0.3 is 0 Å².